The molecule has 2 amide bonds. The summed E-state index contributed by atoms with van der Waals surface area (Å²) in [6.07, 6.45) is -0.929. The highest BCUT2D eigenvalue weighted by Gasteiger charge is 2.15. The summed E-state index contributed by atoms with van der Waals surface area (Å²) in [6.45, 7) is 1.81. The molecule has 0 aliphatic heterocycles. The van der Waals surface area contributed by atoms with Gasteiger partial charge < -0.3 is 15.7 Å². The summed E-state index contributed by atoms with van der Waals surface area (Å²) in [7, 11) is 0. The molecule has 0 bridgehead atoms. The normalized spacial score (nSPS) is 11.9. The fourth-order valence-corrected chi connectivity index (χ4v) is 2.11. The van der Waals surface area contributed by atoms with Crippen LogP contribution in [0.1, 0.15) is 17.2 Å². The van der Waals surface area contributed by atoms with Gasteiger partial charge >= 0.3 is 6.03 Å². The third-order valence-corrected chi connectivity index (χ3v) is 3.38. The Morgan fingerprint density at radius 3 is 2.35 bits per heavy atom. The maximum absolute atomic E-state index is 13.6. The molecule has 0 saturated heterocycles. The monoisotopic (exact) mass is 340 g/mol. The maximum atomic E-state index is 13.6. The lowest BCUT2D eigenvalue weighted by molar-refractivity contribution is 0.175. The van der Waals surface area contributed by atoms with E-state index in [4.69, 9.17) is 11.6 Å². The molecule has 1 unspecified atom stereocenters. The molecule has 2 rings (SSSR count). The molecule has 0 spiro atoms. The van der Waals surface area contributed by atoms with E-state index in [1.807, 2.05) is 19.1 Å². The Kier molecular flexibility index (Phi) is 5.52. The number of anilines is 1. The predicted octanol–water partition coefficient (Wildman–Crippen LogP) is 3.78. The number of amides is 2. The predicted molar refractivity (Wildman–Crippen MR) is 84.5 cm³/mol. The van der Waals surface area contributed by atoms with Crippen LogP contribution in [0.5, 0.6) is 0 Å². The van der Waals surface area contributed by atoms with E-state index >= 15 is 0 Å². The van der Waals surface area contributed by atoms with Crippen LogP contribution in [0.25, 0.3) is 0 Å². The molecule has 0 radical (unpaired) electrons. The first kappa shape index (κ1) is 17.2. The van der Waals surface area contributed by atoms with Gasteiger partial charge in [-0.05, 0) is 24.6 Å². The minimum Gasteiger partial charge on any atom is -0.387 e. The van der Waals surface area contributed by atoms with Crippen LogP contribution in [0.15, 0.2) is 36.4 Å². The molecule has 4 nitrogen and oxygen atoms in total. The molecular weight excluding hydrogens is 326 g/mol. The van der Waals surface area contributed by atoms with Crippen molar-refractivity contribution in [2.45, 2.75) is 13.0 Å². The van der Waals surface area contributed by atoms with Crippen LogP contribution in [0.4, 0.5) is 19.3 Å². The fraction of sp³-hybridized carbons (Fsp3) is 0.188. The van der Waals surface area contributed by atoms with Crippen LogP contribution < -0.4 is 10.6 Å². The van der Waals surface area contributed by atoms with E-state index < -0.39 is 29.5 Å². The molecule has 7 heteroatoms. The van der Waals surface area contributed by atoms with Gasteiger partial charge in [0, 0.05) is 11.6 Å². The number of nitrogens with one attached hydrogen (secondary N) is 2. The molecule has 3 N–H and O–H groups in total. The summed E-state index contributed by atoms with van der Waals surface area (Å²) < 4.78 is 27.1. The van der Waals surface area contributed by atoms with Gasteiger partial charge in [-0.25, -0.2) is 13.6 Å². The average molecular weight is 341 g/mol. The van der Waals surface area contributed by atoms with Gasteiger partial charge in [-0.1, -0.05) is 41.4 Å². The first-order valence-corrected chi connectivity index (χ1v) is 7.18. The smallest absolute Gasteiger partial charge is 0.319 e. The van der Waals surface area contributed by atoms with E-state index in [9.17, 15) is 18.7 Å². The summed E-state index contributed by atoms with van der Waals surface area (Å²) in [5.74, 6) is -1.96. The largest absolute Gasteiger partial charge is 0.387 e. The molecule has 0 aliphatic carbocycles. The Labute approximate surface area is 137 Å². The van der Waals surface area contributed by atoms with Crippen molar-refractivity contribution in [3.63, 3.8) is 0 Å². The zero-order valence-electron chi connectivity index (χ0n) is 12.2. The highest BCUT2D eigenvalue weighted by atomic mass is 35.5. The number of aliphatic hydroxyl groups excluding tert-OH is 1. The number of halogens is 3. The van der Waals surface area contributed by atoms with Crippen LogP contribution in [-0.4, -0.2) is 17.7 Å². The second kappa shape index (κ2) is 7.39. The van der Waals surface area contributed by atoms with Crippen molar-refractivity contribution in [1.29, 1.82) is 0 Å². The van der Waals surface area contributed by atoms with Crippen molar-refractivity contribution >= 4 is 23.3 Å². The van der Waals surface area contributed by atoms with E-state index in [0.717, 1.165) is 17.7 Å². The quantitative estimate of drug-likeness (QED) is 0.793. The zero-order valence-corrected chi connectivity index (χ0v) is 13.0. The van der Waals surface area contributed by atoms with E-state index in [1.54, 1.807) is 12.1 Å². The minimum atomic E-state index is -0.982. The zero-order chi connectivity index (χ0) is 17.0. The van der Waals surface area contributed by atoms with Crippen LogP contribution in [0.2, 0.25) is 5.02 Å². The first-order valence-electron chi connectivity index (χ1n) is 6.81. The number of urea groups is 1. The second-order valence-corrected chi connectivity index (χ2v) is 5.44. The number of aliphatic hydroxyl groups is 1. The van der Waals surface area contributed by atoms with Crippen LogP contribution in [0, 0.1) is 18.6 Å². The van der Waals surface area contributed by atoms with E-state index in [2.05, 4.69) is 10.6 Å². The van der Waals surface area contributed by atoms with Crippen molar-refractivity contribution in [3.8, 4) is 0 Å². The Bertz CT molecular complexity index is 685. The number of aryl methyl sites for hydroxylation is 1. The molecule has 1 atom stereocenters. The van der Waals surface area contributed by atoms with Gasteiger partial charge in [-0.2, -0.15) is 0 Å². The molecular formula is C16H15ClF2N2O2. The number of rotatable bonds is 4. The molecule has 23 heavy (non-hydrogen) atoms. The standard InChI is InChI=1S/C16H15ClF2N2O2/c1-9-2-4-10(5-3-9)14(22)8-20-16(23)21-15-12(18)6-11(17)7-13(15)19/h2-7,14,22H,8H2,1H3,(H2,20,21,23). The lowest BCUT2D eigenvalue weighted by atomic mass is 10.1. The van der Waals surface area contributed by atoms with E-state index in [0.29, 0.717) is 5.56 Å². The highest BCUT2D eigenvalue weighted by Crippen LogP contribution is 2.23. The third kappa shape index (κ3) is 4.64. The van der Waals surface area contributed by atoms with Crippen LogP contribution >= 0.6 is 11.6 Å². The Hall–Kier alpha value is -2.18. The molecule has 0 fully saturated rings. The van der Waals surface area contributed by atoms with Gasteiger partial charge in [-0.3, -0.25) is 0 Å². The van der Waals surface area contributed by atoms with Gasteiger partial charge in [0.05, 0.1) is 6.10 Å². The number of hydrogen-bond acceptors (Lipinski definition) is 2. The molecule has 0 aliphatic rings. The van der Waals surface area contributed by atoms with E-state index in [-0.39, 0.29) is 11.6 Å². The third-order valence-electron chi connectivity index (χ3n) is 3.16. The molecule has 0 aromatic heterocycles. The van der Waals surface area contributed by atoms with Crippen molar-refractivity contribution in [1.82, 2.24) is 5.32 Å². The molecule has 2 aromatic carbocycles. The molecule has 2 aromatic rings. The van der Waals surface area contributed by atoms with Crippen molar-refractivity contribution in [3.05, 3.63) is 64.2 Å². The number of hydrogen-bond donors (Lipinski definition) is 3. The highest BCUT2D eigenvalue weighted by molar-refractivity contribution is 6.30. The van der Waals surface area contributed by atoms with Gasteiger partial charge in [0.25, 0.3) is 0 Å². The average Bonchev–Trinajstić information content (AvgIpc) is 2.49. The Balaban J connectivity index is 1.94. The van der Waals surface area contributed by atoms with Crippen molar-refractivity contribution in [2.24, 2.45) is 0 Å². The van der Waals surface area contributed by atoms with Crippen molar-refractivity contribution in [2.75, 3.05) is 11.9 Å². The first-order chi connectivity index (χ1) is 10.9. The maximum Gasteiger partial charge on any atom is 0.319 e. The molecule has 0 heterocycles. The Morgan fingerprint density at radius 1 is 1.22 bits per heavy atom. The van der Waals surface area contributed by atoms with Crippen molar-refractivity contribution < 1.29 is 18.7 Å². The van der Waals surface area contributed by atoms with Gasteiger partial charge in [0.15, 0.2) is 11.6 Å². The van der Waals surface area contributed by atoms with Gasteiger partial charge in [-0.15, -0.1) is 0 Å². The number of benzene rings is 2. The van der Waals surface area contributed by atoms with E-state index in [1.165, 1.54) is 0 Å². The molecule has 122 valence electrons. The molecule has 0 saturated carbocycles. The van der Waals surface area contributed by atoms with Crippen LogP contribution in [0.3, 0.4) is 0 Å². The summed E-state index contributed by atoms with van der Waals surface area (Å²) in [4.78, 5) is 11.7. The lowest BCUT2D eigenvalue weighted by Crippen LogP contribution is -2.33. The fourth-order valence-electron chi connectivity index (χ4n) is 1.92. The van der Waals surface area contributed by atoms with Crippen LogP contribution in [-0.2, 0) is 0 Å². The summed E-state index contributed by atoms with van der Waals surface area (Å²) in [6, 6.07) is 8.07. The number of carbonyl (C=O) groups is 1. The number of carbonyl (C=O) groups excluding carboxylic acids is 1. The second-order valence-electron chi connectivity index (χ2n) is 5.01. The van der Waals surface area contributed by atoms with Gasteiger partial charge in [0.2, 0.25) is 0 Å². The van der Waals surface area contributed by atoms with Gasteiger partial charge in [0.1, 0.15) is 5.69 Å². The summed E-state index contributed by atoms with van der Waals surface area (Å²) >= 11 is 5.50. The lowest BCUT2D eigenvalue weighted by Gasteiger charge is -2.14. The summed E-state index contributed by atoms with van der Waals surface area (Å²) in [5, 5.41) is 14.3. The summed E-state index contributed by atoms with van der Waals surface area (Å²) in [5.41, 5.74) is 1.07. The SMILES string of the molecule is Cc1ccc(C(O)CNC(=O)Nc2c(F)cc(Cl)cc2F)cc1. The Morgan fingerprint density at radius 2 is 1.78 bits per heavy atom. The topological polar surface area (TPSA) is 61.4 Å². The minimum absolute atomic E-state index is 0.105.